The maximum Gasteiger partial charge on any atom is 0.271 e. The lowest BCUT2D eigenvalue weighted by Gasteiger charge is -2.15. The maximum atomic E-state index is 12.3. The average Bonchev–Trinajstić information content (AvgIpc) is 3.00. The molecule has 1 aliphatic rings. The van der Waals surface area contributed by atoms with Gasteiger partial charge >= 0.3 is 0 Å². The molecule has 2 aromatic rings. The van der Waals surface area contributed by atoms with Crippen molar-refractivity contribution in [2.45, 2.75) is 31.9 Å². The molecule has 126 valence electrons. The van der Waals surface area contributed by atoms with Gasteiger partial charge in [0.15, 0.2) is 0 Å². The first-order valence-electron chi connectivity index (χ1n) is 8.22. The topological polar surface area (TPSA) is 84.2 Å². The summed E-state index contributed by atoms with van der Waals surface area (Å²) in [4.78, 5) is 24.2. The minimum absolute atomic E-state index is 0.101. The molecule has 0 spiro atoms. The lowest BCUT2D eigenvalue weighted by atomic mass is 10.1. The molecule has 0 aliphatic heterocycles. The van der Waals surface area contributed by atoms with Gasteiger partial charge in [0, 0.05) is 18.5 Å². The van der Waals surface area contributed by atoms with Gasteiger partial charge in [-0.05, 0) is 24.5 Å². The third-order valence-electron chi connectivity index (χ3n) is 4.42. The predicted molar refractivity (Wildman–Crippen MR) is 89.7 cm³/mol. The lowest BCUT2D eigenvalue weighted by molar-refractivity contribution is 0.0909. The second kappa shape index (κ2) is 7.40. The molecule has 6 heteroatoms. The van der Waals surface area contributed by atoms with Crippen LogP contribution in [-0.4, -0.2) is 33.4 Å². The number of carbonyl (C=O) groups excluding carboxylic acids is 1. The first kappa shape index (κ1) is 16.4. The van der Waals surface area contributed by atoms with Gasteiger partial charge in [-0.2, -0.15) is 5.10 Å². The fourth-order valence-corrected chi connectivity index (χ4v) is 3.01. The largest absolute Gasteiger partial charge is 0.393 e. The van der Waals surface area contributed by atoms with Crippen LogP contribution in [0.4, 0.5) is 0 Å². The Kier molecular flexibility index (Phi) is 5.05. The summed E-state index contributed by atoms with van der Waals surface area (Å²) in [6, 6.07) is 12.3. The molecule has 1 fully saturated rings. The quantitative estimate of drug-likeness (QED) is 0.864. The molecule has 1 amide bonds. The van der Waals surface area contributed by atoms with E-state index in [0.717, 1.165) is 24.8 Å². The van der Waals surface area contributed by atoms with E-state index in [0.29, 0.717) is 13.1 Å². The second-order valence-electron chi connectivity index (χ2n) is 6.17. The maximum absolute atomic E-state index is 12.3. The standard InChI is InChI=1S/C18H21N3O3/c22-16-8-4-7-14(16)11-19-18(24)15-9-10-17(23)21(20-15)12-13-5-2-1-3-6-13/h1-3,5-6,9-10,14,16,22H,4,7-8,11-12H2,(H,19,24). The molecule has 2 unspecified atom stereocenters. The van der Waals surface area contributed by atoms with Crippen LogP contribution in [0.5, 0.6) is 0 Å². The molecule has 24 heavy (non-hydrogen) atoms. The number of nitrogens with zero attached hydrogens (tertiary/aromatic N) is 2. The highest BCUT2D eigenvalue weighted by atomic mass is 16.3. The SMILES string of the molecule is O=C(NCC1CCCC1O)c1ccc(=O)n(Cc2ccccc2)n1. The average molecular weight is 327 g/mol. The van der Waals surface area contributed by atoms with Crippen molar-refractivity contribution in [3.63, 3.8) is 0 Å². The number of carbonyl (C=O) groups is 1. The molecule has 2 atom stereocenters. The summed E-state index contributed by atoms with van der Waals surface area (Å²) in [7, 11) is 0. The van der Waals surface area contributed by atoms with E-state index in [4.69, 9.17) is 0 Å². The molecule has 6 nitrogen and oxygen atoms in total. The van der Waals surface area contributed by atoms with Crippen LogP contribution < -0.4 is 10.9 Å². The molecule has 1 aliphatic carbocycles. The summed E-state index contributed by atoms with van der Waals surface area (Å²) < 4.78 is 1.29. The molecule has 0 radical (unpaired) electrons. The molecular weight excluding hydrogens is 306 g/mol. The summed E-state index contributed by atoms with van der Waals surface area (Å²) >= 11 is 0. The zero-order valence-electron chi connectivity index (χ0n) is 13.4. The lowest BCUT2D eigenvalue weighted by Crippen LogP contribution is -2.34. The fraction of sp³-hybridized carbons (Fsp3) is 0.389. The number of aliphatic hydroxyl groups excluding tert-OH is 1. The molecule has 1 aromatic carbocycles. The zero-order valence-corrected chi connectivity index (χ0v) is 13.4. The molecule has 0 saturated heterocycles. The highest BCUT2D eigenvalue weighted by Crippen LogP contribution is 2.24. The Balaban J connectivity index is 1.68. The van der Waals surface area contributed by atoms with Gasteiger partial charge in [0.25, 0.3) is 11.5 Å². The normalized spacial score (nSPS) is 20.0. The number of aliphatic hydroxyl groups is 1. The van der Waals surface area contributed by atoms with E-state index in [-0.39, 0.29) is 29.2 Å². The number of nitrogens with one attached hydrogen (secondary N) is 1. The highest BCUT2D eigenvalue weighted by Gasteiger charge is 2.25. The monoisotopic (exact) mass is 327 g/mol. The Bertz CT molecular complexity index is 758. The van der Waals surface area contributed by atoms with Crippen molar-refractivity contribution in [1.82, 2.24) is 15.1 Å². The van der Waals surface area contributed by atoms with Gasteiger partial charge < -0.3 is 10.4 Å². The summed E-state index contributed by atoms with van der Waals surface area (Å²) in [6.45, 7) is 0.752. The molecule has 0 bridgehead atoms. The van der Waals surface area contributed by atoms with Crippen molar-refractivity contribution >= 4 is 5.91 Å². The van der Waals surface area contributed by atoms with Crippen LogP contribution in [0.15, 0.2) is 47.3 Å². The van der Waals surface area contributed by atoms with Gasteiger partial charge in [-0.25, -0.2) is 4.68 Å². The summed E-state index contributed by atoms with van der Waals surface area (Å²) in [5.74, 6) is -0.222. The number of aromatic nitrogens is 2. The van der Waals surface area contributed by atoms with Gasteiger partial charge in [-0.15, -0.1) is 0 Å². The fourth-order valence-electron chi connectivity index (χ4n) is 3.01. The van der Waals surface area contributed by atoms with Gasteiger partial charge in [0.1, 0.15) is 5.69 Å². The predicted octanol–water partition coefficient (Wildman–Crippen LogP) is 1.18. The number of benzene rings is 1. The first-order chi connectivity index (χ1) is 11.6. The number of rotatable bonds is 5. The van der Waals surface area contributed by atoms with Gasteiger partial charge in [0.05, 0.1) is 12.6 Å². The van der Waals surface area contributed by atoms with E-state index in [1.807, 2.05) is 30.3 Å². The van der Waals surface area contributed by atoms with Crippen molar-refractivity contribution < 1.29 is 9.90 Å². The smallest absolute Gasteiger partial charge is 0.271 e. The van der Waals surface area contributed by atoms with Crippen LogP contribution in [0.25, 0.3) is 0 Å². The summed E-state index contributed by atoms with van der Waals surface area (Å²) in [6.07, 6.45) is 2.36. The van der Waals surface area contributed by atoms with Crippen molar-refractivity contribution in [2.75, 3.05) is 6.54 Å². The van der Waals surface area contributed by atoms with Crippen molar-refractivity contribution in [3.05, 3.63) is 64.1 Å². The van der Waals surface area contributed by atoms with E-state index in [2.05, 4.69) is 10.4 Å². The molecule has 3 rings (SSSR count). The Morgan fingerprint density at radius 3 is 2.71 bits per heavy atom. The van der Waals surface area contributed by atoms with Crippen molar-refractivity contribution in [3.8, 4) is 0 Å². The summed E-state index contributed by atoms with van der Waals surface area (Å²) in [5, 5.41) is 16.8. The van der Waals surface area contributed by atoms with Crippen LogP contribution in [0, 0.1) is 5.92 Å². The Morgan fingerprint density at radius 2 is 2.00 bits per heavy atom. The van der Waals surface area contributed by atoms with Crippen molar-refractivity contribution in [1.29, 1.82) is 0 Å². The zero-order chi connectivity index (χ0) is 16.9. The Hall–Kier alpha value is -2.47. The van der Waals surface area contributed by atoms with Gasteiger partial charge in [0.2, 0.25) is 0 Å². The van der Waals surface area contributed by atoms with E-state index in [1.54, 1.807) is 0 Å². The van der Waals surface area contributed by atoms with E-state index in [9.17, 15) is 14.7 Å². The molecule has 1 saturated carbocycles. The van der Waals surface area contributed by atoms with Crippen molar-refractivity contribution in [2.24, 2.45) is 5.92 Å². The molecule has 1 heterocycles. The number of amides is 1. The summed E-state index contributed by atoms with van der Waals surface area (Å²) in [5.41, 5.74) is 0.901. The van der Waals surface area contributed by atoms with Gasteiger partial charge in [-0.3, -0.25) is 9.59 Å². The van der Waals surface area contributed by atoms with E-state index < -0.39 is 0 Å². The van der Waals surface area contributed by atoms with Crippen LogP contribution in [0.2, 0.25) is 0 Å². The molecular formula is C18H21N3O3. The highest BCUT2D eigenvalue weighted by molar-refractivity contribution is 5.91. The Morgan fingerprint density at radius 1 is 1.21 bits per heavy atom. The van der Waals surface area contributed by atoms with Gasteiger partial charge in [-0.1, -0.05) is 36.8 Å². The Labute approximate surface area is 140 Å². The van der Waals surface area contributed by atoms with E-state index in [1.165, 1.54) is 16.8 Å². The van der Waals surface area contributed by atoms with Crippen LogP contribution in [0.3, 0.4) is 0 Å². The molecule has 2 N–H and O–H groups in total. The minimum atomic E-state index is -0.342. The molecule has 1 aromatic heterocycles. The van der Waals surface area contributed by atoms with E-state index >= 15 is 0 Å². The third kappa shape index (κ3) is 3.89. The van der Waals surface area contributed by atoms with Crippen LogP contribution in [-0.2, 0) is 6.54 Å². The van der Waals surface area contributed by atoms with Crippen LogP contribution in [0.1, 0.15) is 35.3 Å². The third-order valence-corrected chi connectivity index (χ3v) is 4.42. The first-order valence-corrected chi connectivity index (χ1v) is 8.22. The minimum Gasteiger partial charge on any atom is -0.393 e. The number of hydrogen-bond acceptors (Lipinski definition) is 4. The number of hydrogen-bond donors (Lipinski definition) is 2. The van der Waals surface area contributed by atoms with Crippen LogP contribution >= 0.6 is 0 Å². The second-order valence-corrected chi connectivity index (χ2v) is 6.17.